The molecule has 0 spiro atoms. The fraction of sp³-hybridized carbons (Fsp3) is 0.167. The van der Waals surface area contributed by atoms with Gasteiger partial charge in [0.1, 0.15) is 0 Å². The lowest BCUT2D eigenvalue weighted by molar-refractivity contribution is 1.08. The molecule has 0 atom stereocenters. The van der Waals surface area contributed by atoms with Crippen molar-refractivity contribution < 1.29 is 0 Å². The molecule has 68 valence electrons. The molecule has 0 saturated carbocycles. The Morgan fingerprint density at radius 1 is 1.38 bits per heavy atom. The third-order valence-electron chi connectivity index (χ3n) is 1.59. The average molecular weight is 197 g/mol. The molecule has 0 saturated heterocycles. The number of hydrogen-bond donors (Lipinski definition) is 4. The fourth-order valence-electron chi connectivity index (χ4n) is 1.01. The number of H-pyrrole nitrogens is 2. The predicted octanol–water partition coefficient (Wildman–Crippen LogP) is -0.0234. The van der Waals surface area contributed by atoms with Gasteiger partial charge < -0.3 is 10.3 Å². The Balaban J connectivity index is 2.83. The van der Waals surface area contributed by atoms with Crippen molar-refractivity contribution in [2.24, 2.45) is 0 Å². The maximum Gasteiger partial charge on any atom is 0.278 e. The molecule has 6 nitrogen and oxygen atoms in total. The lowest BCUT2D eigenvalue weighted by atomic mass is 10.5. The number of nitrogens with zero attached hydrogens (tertiary/aromatic N) is 2. The van der Waals surface area contributed by atoms with E-state index in [-0.39, 0.29) is 5.56 Å². The highest BCUT2D eigenvalue weighted by Crippen LogP contribution is 2.07. The Kier molecular flexibility index (Phi) is 1.73. The van der Waals surface area contributed by atoms with Crippen LogP contribution in [0, 0.1) is 0 Å². The summed E-state index contributed by atoms with van der Waals surface area (Å²) < 4.78 is 0. The van der Waals surface area contributed by atoms with E-state index in [0.717, 1.165) is 0 Å². The monoisotopic (exact) mass is 197 g/mol. The van der Waals surface area contributed by atoms with Crippen molar-refractivity contribution in [3.05, 3.63) is 10.4 Å². The van der Waals surface area contributed by atoms with Crippen molar-refractivity contribution >= 4 is 29.7 Å². The Morgan fingerprint density at radius 2 is 2.15 bits per heavy atom. The number of thiol groups is 1. The van der Waals surface area contributed by atoms with Crippen molar-refractivity contribution in [3.8, 4) is 0 Å². The van der Waals surface area contributed by atoms with Gasteiger partial charge in [0.2, 0.25) is 5.95 Å². The summed E-state index contributed by atoms with van der Waals surface area (Å²) >= 11 is 3.97. The van der Waals surface area contributed by atoms with Crippen LogP contribution < -0.4 is 10.9 Å². The SMILES string of the molecule is CNc1nc2nc(S)[nH]c2c(=O)[nH]1. The highest BCUT2D eigenvalue weighted by Gasteiger charge is 2.06. The summed E-state index contributed by atoms with van der Waals surface area (Å²) in [7, 11) is 1.67. The lowest BCUT2D eigenvalue weighted by Gasteiger charge is -1.95. The van der Waals surface area contributed by atoms with E-state index in [1.54, 1.807) is 7.05 Å². The Morgan fingerprint density at radius 3 is 2.85 bits per heavy atom. The summed E-state index contributed by atoms with van der Waals surface area (Å²) in [6.45, 7) is 0. The molecular weight excluding hydrogens is 190 g/mol. The topological polar surface area (TPSA) is 86.5 Å². The van der Waals surface area contributed by atoms with Crippen LogP contribution in [0.5, 0.6) is 0 Å². The van der Waals surface area contributed by atoms with Gasteiger partial charge in [-0.1, -0.05) is 0 Å². The smallest absolute Gasteiger partial charge is 0.278 e. The van der Waals surface area contributed by atoms with Gasteiger partial charge in [-0.15, -0.1) is 12.6 Å². The second-order valence-corrected chi connectivity index (χ2v) is 2.85. The molecule has 0 aromatic carbocycles. The van der Waals surface area contributed by atoms with Gasteiger partial charge in [0.05, 0.1) is 0 Å². The average Bonchev–Trinajstić information content (AvgIpc) is 2.46. The van der Waals surface area contributed by atoms with Crippen molar-refractivity contribution in [1.29, 1.82) is 0 Å². The first kappa shape index (κ1) is 8.11. The molecule has 2 aromatic rings. The van der Waals surface area contributed by atoms with Gasteiger partial charge in [-0.05, 0) is 0 Å². The molecule has 0 aliphatic rings. The summed E-state index contributed by atoms with van der Waals surface area (Å²) in [6, 6.07) is 0. The molecule has 7 heteroatoms. The maximum absolute atomic E-state index is 11.3. The van der Waals surface area contributed by atoms with Crippen molar-refractivity contribution in [1.82, 2.24) is 19.9 Å². The first-order chi connectivity index (χ1) is 6.20. The molecular formula is C6H7N5OS. The number of imidazole rings is 1. The Bertz CT molecular complexity index is 501. The van der Waals surface area contributed by atoms with E-state index in [9.17, 15) is 4.79 Å². The minimum atomic E-state index is -0.262. The standard InChI is InChI=1S/C6H7N5OS/c1-7-5-9-3-2(4(12)11-5)8-6(13)10-3/h1H3,(H4,7,8,9,10,11,12,13). The van der Waals surface area contributed by atoms with Crippen LogP contribution in [0.4, 0.5) is 5.95 Å². The zero-order valence-corrected chi connectivity index (χ0v) is 7.64. The number of fused-ring (bicyclic) bond motifs is 1. The van der Waals surface area contributed by atoms with E-state index in [0.29, 0.717) is 22.3 Å². The van der Waals surface area contributed by atoms with Crippen LogP contribution in [0.2, 0.25) is 0 Å². The molecule has 3 N–H and O–H groups in total. The summed E-state index contributed by atoms with van der Waals surface area (Å²) in [4.78, 5) is 24.5. The molecule has 0 fully saturated rings. The fourth-order valence-corrected chi connectivity index (χ4v) is 1.22. The summed E-state index contributed by atoms with van der Waals surface area (Å²) in [5.41, 5.74) is 0.434. The first-order valence-corrected chi connectivity index (χ1v) is 4.02. The second-order valence-electron chi connectivity index (χ2n) is 2.42. The van der Waals surface area contributed by atoms with Crippen molar-refractivity contribution in [2.45, 2.75) is 5.16 Å². The van der Waals surface area contributed by atoms with Crippen LogP contribution in [0.1, 0.15) is 0 Å². The zero-order valence-electron chi connectivity index (χ0n) is 6.75. The summed E-state index contributed by atoms with van der Waals surface area (Å²) in [5.74, 6) is 0.386. The van der Waals surface area contributed by atoms with Gasteiger partial charge >= 0.3 is 0 Å². The third-order valence-corrected chi connectivity index (χ3v) is 1.80. The number of aromatic nitrogens is 4. The molecule has 2 heterocycles. The molecule has 0 amide bonds. The molecule has 0 radical (unpaired) electrons. The number of nitrogens with one attached hydrogen (secondary N) is 3. The summed E-state index contributed by atoms with van der Waals surface area (Å²) in [6.07, 6.45) is 0. The number of anilines is 1. The second kappa shape index (κ2) is 2.77. The molecule has 0 bridgehead atoms. The van der Waals surface area contributed by atoms with Crippen LogP contribution in [-0.4, -0.2) is 27.0 Å². The molecule has 0 aliphatic carbocycles. The van der Waals surface area contributed by atoms with E-state index >= 15 is 0 Å². The van der Waals surface area contributed by atoms with Gasteiger partial charge in [0.25, 0.3) is 5.56 Å². The number of rotatable bonds is 1. The van der Waals surface area contributed by atoms with Gasteiger partial charge in [-0.3, -0.25) is 9.78 Å². The van der Waals surface area contributed by atoms with Crippen LogP contribution in [-0.2, 0) is 0 Å². The normalized spacial score (nSPS) is 10.6. The van der Waals surface area contributed by atoms with Gasteiger partial charge in [-0.2, -0.15) is 4.98 Å². The third kappa shape index (κ3) is 1.26. The maximum atomic E-state index is 11.3. The minimum Gasteiger partial charge on any atom is -0.359 e. The lowest BCUT2D eigenvalue weighted by Crippen LogP contribution is -2.11. The van der Waals surface area contributed by atoms with E-state index < -0.39 is 0 Å². The Hall–Kier alpha value is -1.50. The van der Waals surface area contributed by atoms with Gasteiger partial charge in [-0.25, -0.2) is 4.98 Å². The zero-order chi connectivity index (χ0) is 9.42. The minimum absolute atomic E-state index is 0.262. The van der Waals surface area contributed by atoms with Gasteiger partial charge in [0, 0.05) is 7.05 Å². The molecule has 0 aliphatic heterocycles. The van der Waals surface area contributed by atoms with E-state index in [2.05, 4.69) is 37.9 Å². The molecule has 2 aromatic heterocycles. The number of hydrogen-bond acceptors (Lipinski definition) is 5. The van der Waals surface area contributed by atoms with Crippen LogP contribution in [0.25, 0.3) is 11.2 Å². The van der Waals surface area contributed by atoms with Crippen LogP contribution in [0.3, 0.4) is 0 Å². The number of aromatic amines is 2. The van der Waals surface area contributed by atoms with Gasteiger partial charge in [0.15, 0.2) is 16.3 Å². The van der Waals surface area contributed by atoms with E-state index in [4.69, 9.17) is 0 Å². The predicted molar refractivity (Wildman–Crippen MR) is 51.3 cm³/mol. The molecule has 13 heavy (non-hydrogen) atoms. The van der Waals surface area contributed by atoms with E-state index in [1.807, 2.05) is 0 Å². The molecule has 0 unspecified atom stereocenters. The summed E-state index contributed by atoms with van der Waals surface area (Å²) in [5, 5.41) is 3.10. The van der Waals surface area contributed by atoms with E-state index in [1.165, 1.54) is 0 Å². The highest BCUT2D eigenvalue weighted by molar-refractivity contribution is 7.80. The van der Waals surface area contributed by atoms with Crippen LogP contribution in [0.15, 0.2) is 9.95 Å². The van der Waals surface area contributed by atoms with Crippen molar-refractivity contribution in [3.63, 3.8) is 0 Å². The quantitative estimate of drug-likeness (QED) is 0.484. The van der Waals surface area contributed by atoms with Crippen LogP contribution >= 0.6 is 12.6 Å². The molecule has 2 rings (SSSR count). The largest absolute Gasteiger partial charge is 0.359 e. The van der Waals surface area contributed by atoms with Crippen molar-refractivity contribution in [2.75, 3.05) is 12.4 Å². The highest BCUT2D eigenvalue weighted by atomic mass is 32.1. The Labute approximate surface area is 78.2 Å². The first-order valence-electron chi connectivity index (χ1n) is 3.57.